The molecule has 1 aliphatic heterocycles. The van der Waals surface area contributed by atoms with Gasteiger partial charge in [-0.25, -0.2) is 0 Å². The van der Waals surface area contributed by atoms with E-state index < -0.39 is 0 Å². The lowest BCUT2D eigenvalue weighted by Gasteiger charge is -2.15. The molecule has 2 N–H and O–H groups in total. The Balaban J connectivity index is 2.13. The van der Waals surface area contributed by atoms with Crippen LogP contribution in [0, 0.1) is 5.92 Å². The van der Waals surface area contributed by atoms with Crippen LogP contribution in [-0.4, -0.2) is 31.1 Å². The van der Waals surface area contributed by atoms with Gasteiger partial charge in [0, 0.05) is 17.4 Å². The fraction of sp³-hybridized carbons (Fsp3) is 0.462. The van der Waals surface area contributed by atoms with Gasteiger partial charge in [0.2, 0.25) is 0 Å². The molecule has 1 heterocycles. The molecule has 1 aliphatic rings. The molecule has 0 radical (unpaired) electrons. The van der Waals surface area contributed by atoms with E-state index in [1.165, 1.54) is 0 Å². The van der Waals surface area contributed by atoms with Crippen LogP contribution in [0.15, 0.2) is 23.1 Å². The summed E-state index contributed by atoms with van der Waals surface area (Å²) >= 11 is 6.74. The van der Waals surface area contributed by atoms with E-state index in [9.17, 15) is 0 Å². The van der Waals surface area contributed by atoms with E-state index in [0.717, 1.165) is 35.8 Å². The van der Waals surface area contributed by atoms with Gasteiger partial charge in [0.1, 0.15) is 10.7 Å². The van der Waals surface area contributed by atoms with E-state index in [0.29, 0.717) is 17.5 Å². The highest BCUT2D eigenvalue weighted by Gasteiger charge is 2.18. The summed E-state index contributed by atoms with van der Waals surface area (Å²) in [5.74, 6) is 1.25. The van der Waals surface area contributed by atoms with Gasteiger partial charge in [0.25, 0.3) is 0 Å². The first-order valence-corrected chi connectivity index (χ1v) is 7.53. The Labute approximate surface area is 117 Å². The normalized spacial score (nSPS) is 18.8. The predicted octanol–water partition coefficient (Wildman–Crippen LogP) is 2.46. The maximum atomic E-state index is 5.86. The minimum atomic E-state index is 0.387. The number of thiocarbonyl (C=S) groups is 1. The summed E-state index contributed by atoms with van der Waals surface area (Å²) in [5.41, 5.74) is 6.63. The van der Waals surface area contributed by atoms with Gasteiger partial charge < -0.3 is 15.2 Å². The summed E-state index contributed by atoms with van der Waals surface area (Å²) < 4.78 is 11.2. The summed E-state index contributed by atoms with van der Waals surface area (Å²) in [4.78, 5) is 1.44. The van der Waals surface area contributed by atoms with Crippen molar-refractivity contribution >= 4 is 29.0 Å². The molecule has 0 amide bonds. The molecule has 1 atom stereocenters. The SMILES string of the molecule is CSc1cccc(OCC2CCOC2)c1C(N)=S. The molecule has 1 aromatic carbocycles. The Kier molecular flexibility index (Phi) is 4.86. The van der Waals surface area contributed by atoms with Gasteiger partial charge in [-0.1, -0.05) is 18.3 Å². The van der Waals surface area contributed by atoms with Crippen LogP contribution in [0.4, 0.5) is 0 Å². The number of hydrogen-bond donors (Lipinski definition) is 1. The summed E-state index contributed by atoms with van der Waals surface area (Å²) in [6.45, 7) is 2.28. The molecule has 0 saturated carbocycles. The third-order valence-electron chi connectivity index (χ3n) is 2.95. The number of rotatable bonds is 5. The van der Waals surface area contributed by atoms with Crippen molar-refractivity contribution in [1.29, 1.82) is 0 Å². The van der Waals surface area contributed by atoms with Crippen molar-refractivity contribution in [1.82, 2.24) is 0 Å². The molecular formula is C13H17NO2S2. The lowest BCUT2D eigenvalue weighted by atomic mass is 10.1. The maximum Gasteiger partial charge on any atom is 0.130 e. The molecule has 0 bridgehead atoms. The number of nitrogens with two attached hydrogens (primary N) is 1. The molecule has 1 saturated heterocycles. The van der Waals surface area contributed by atoms with E-state index in [2.05, 4.69) is 0 Å². The van der Waals surface area contributed by atoms with Gasteiger partial charge in [0.05, 0.1) is 18.8 Å². The Morgan fingerprint density at radius 2 is 2.44 bits per heavy atom. The first kappa shape index (κ1) is 13.6. The predicted molar refractivity (Wildman–Crippen MR) is 78.5 cm³/mol. The Morgan fingerprint density at radius 1 is 1.61 bits per heavy atom. The Morgan fingerprint density at radius 3 is 3.06 bits per heavy atom. The average Bonchev–Trinajstić information content (AvgIpc) is 2.88. The number of ether oxygens (including phenoxy) is 2. The monoisotopic (exact) mass is 283 g/mol. The van der Waals surface area contributed by atoms with Crippen LogP contribution in [0.25, 0.3) is 0 Å². The highest BCUT2D eigenvalue weighted by atomic mass is 32.2. The molecule has 0 spiro atoms. The van der Waals surface area contributed by atoms with Gasteiger partial charge in [-0.3, -0.25) is 0 Å². The van der Waals surface area contributed by atoms with Crippen LogP contribution in [0.3, 0.4) is 0 Å². The van der Waals surface area contributed by atoms with Crippen LogP contribution in [-0.2, 0) is 4.74 Å². The summed E-state index contributed by atoms with van der Waals surface area (Å²) in [7, 11) is 0. The molecule has 3 nitrogen and oxygen atoms in total. The maximum absolute atomic E-state index is 5.86. The van der Waals surface area contributed by atoms with E-state index in [1.807, 2.05) is 24.5 Å². The molecular weight excluding hydrogens is 266 g/mol. The third-order valence-corrected chi connectivity index (χ3v) is 3.94. The van der Waals surface area contributed by atoms with Crippen molar-refractivity contribution in [2.75, 3.05) is 26.1 Å². The van der Waals surface area contributed by atoms with Crippen molar-refractivity contribution in [2.24, 2.45) is 11.7 Å². The fourth-order valence-corrected chi connectivity index (χ4v) is 2.87. The van der Waals surface area contributed by atoms with E-state index in [-0.39, 0.29) is 0 Å². The molecule has 18 heavy (non-hydrogen) atoms. The Bertz CT molecular complexity index is 431. The minimum Gasteiger partial charge on any atom is -0.492 e. The van der Waals surface area contributed by atoms with Crippen LogP contribution < -0.4 is 10.5 Å². The fourth-order valence-electron chi connectivity index (χ4n) is 1.97. The molecule has 1 unspecified atom stereocenters. The van der Waals surface area contributed by atoms with Crippen LogP contribution in [0.1, 0.15) is 12.0 Å². The molecule has 0 aliphatic carbocycles. The third kappa shape index (κ3) is 3.16. The van der Waals surface area contributed by atoms with Gasteiger partial charge in [0.15, 0.2) is 0 Å². The van der Waals surface area contributed by atoms with E-state index in [1.54, 1.807) is 11.8 Å². The summed E-state index contributed by atoms with van der Waals surface area (Å²) in [6.07, 6.45) is 3.07. The number of hydrogen-bond acceptors (Lipinski definition) is 4. The zero-order valence-electron chi connectivity index (χ0n) is 10.3. The topological polar surface area (TPSA) is 44.5 Å². The lowest BCUT2D eigenvalue weighted by Crippen LogP contribution is -2.16. The molecule has 1 fully saturated rings. The van der Waals surface area contributed by atoms with Crippen LogP contribution in [0.2, 0.25) is 0 Å². The zero-order valence-corrected chi connectivity index (χ0v) is 12.0. The molecule has 98 valence electrons. The molecule has 5 heteroatoms. The molecule has 0 aromatic heterocycles. The highest BCUT2D eigenvalue weighted by molar-refractivity contribution is 7.98. The number of thioether (sulfide) groups is 1. The van der Waals surface area contributed by atoms with Crippen molar-refractivity contribution in [3.63, 3.8) is 0 Å². The Hall–Kier alpha value is -0.780. The van der Waals surface area contributed by atoms with Crippen LogP contribution >= 0.6 is 24.0 Å². The second-order valence-corrected chi connectivity index (χ2v) is 5.53. The number of benzene rings is 1. The second-order valence-electron chi connectivity index (χ2n) is 4.24. The first-order valence-electron chi connectivity index (χ1n) is 5.89. The van der Waals surface area contributed by atoms with Crippen molar-refractivity contribution in [2.45, 2.75) is 11.3 Å². The van der Waals surface area contributed by atoms with Gasteiger partial charge in [-0.05, 0) is 24.8 Å². The smallest absolute Gasteiger partial charge is 0.130 e. The van der Waals surface area contributed by atoms with Crippen molar-refractivity contribution in [3.8, 4) is 5.75 Å². The van der Waals surface area contributed by atoms with Gasteiger partial charge in [-0.2, -0.15) is 0 Å². The highest BCUT2D eigenvalue weighted by Crippen LogP contribution is 2.29. The van der Waals surface area contributed by atoms with Gasteiger partial charge in [-0.15, -0.1) is 11.8 Å². The zero-order chi connectivity index (χ0) is 13.0. The van der Waals surface area contributed by atoms with E-state index >= 15 is 0 Å². The summed E-state index contributed by atoms with van der Waals surface area (Å²) in [5, 5.41) is 0. The quantitative estimate of drug-likeness (QED) is 0.664. The van der Waals surface area contributed by atoms with Gasteiger partial charge >= 0.3 is 0 Å². The largest absolute Gasteiger partial charge is 0.492 e. The minimum absolute atomic E-state index is 0.387. The lowest BCUT2D eigenvalue weighted by molar-refractivity contribution is 0.167. The van der Waals surface area contributed by atoms with Crippen molar-refractivity contribution in [3.05, 3.63) is 23.8 Å². The standard InChI is InChI=1S/C13H17NO2S2/c1-18-11-4-2-3-10(12(11)13(14)17)16-8-9-5-6-15-7-9/h2-4,9H,5-8H2,1H3,(H2,14,17). The summed E-state index contributed by atoms with van der Waals surface area (Å²) in [6, 6.07) is 5.89. The molecule has 1 aromatic rings. The average molecular weight is 283 g/mol. The van der Waals surface area contributed by atoms with Crippen LogP contribution in [0.5, 0.6) is 5.75 Å². The molecule has 2 rings (SSSR count). The second kappa shape index (κ2) is 6.41. The van der Waals surface area contributed by atoms with E-state index in [4.69, 9.17) is 27.4 Å². The van der Waals surface area contributed by atoms with Crippen molar-refractivity contribution < 1.29 is 9.47 Å². The first-order chi connectivity index (χ1) is 8.72.